The van der Waals surface area contributed by atoms with Crippen molar-refractivity contribution in [3.63, 3.8) is 0 Å². The maximum absolute atomic E-state index is 14.4. The summed E-state index contributed by atoms with van der Waals surface area (Å²) in [7, 11) is 0. The highest BCUT2D eigenvalue weighted by Crippen LogP contribution is 2.53. The van der Waals surface area contributed by atoms with E-state index in [1.165, 1.54) is 4.90 Å². The molecule has 1 spiro atoms. The predicted molar refractivity (Wildman–Crippen MR) is 147 cm³/mol. The summed E-state index contributed by atoms with van der Waals surface area (Å²) in [4.78, 5) is 47.2. The van der Waals surface area contributed by atoms with Gasteiger partial charge in [0, 0.05) is 44.2 Å². The van der Waals surface area contributed by atoms with Gasteiger partial charge in [0.05, 0.1) is 18.1 Å². The van der Waals surface area contributed by atoms with Gasteiger partial charge in [0.25, 0.3) is 5.91 Å². The van der Waals surface area contributed by atoms with Crippen LogP contribution in [0, 0.1) is 11.8 Å². The van der Waals surface area contributed by atoms with Crippen LogP contribution >= 0.6 is 0 Å². The van der Waals surface area contributed by atoms with E-state index in [2.05, 4.69) is 18.7 Å². The number of anilines is 2. The highest BCUT2D eigenvalue weighted by molar-refractivity contribution is 6.05. The lowest BCUT2D eigenvalue weighted by atomic mass is 9.78. The molecule has 4 aliphatic heterocycles. The molecule has 2 fully saturated rings. The number of carbonyl (C=O) groups is 3. The first kappa shape index (κ1) is 27.4. The van der Waals surface area contributed by atoms with Crippen LogP contribution in [0.5, 0.6) is 0 Å². The smallest absolute Gasteiger partial charge is 0.313 e. The molecule has 4 aliphatic rings. The molecular weight excluding hydrogens is 498 g/mol. The molecule has 39 heavy (non-hydrogen) atoms. The zero-order valence-corrected chi connectivity index (χ0v) is 23.0. The molecule has 2 amide bonds. The van der Waals surface area contributed by atoms with Gasteiger partial charge in [-0.05, 0) is 64.3 Å². The molecule has 1 aromatic rings. The highest BCUT2D eigenvalue weighted by atomic mass is 16.6. The van der Waals surface area contributed by atoms with Crippen molar-refractivity contribution in [2.75, 3.05) is 42.6 Å². The van der Waals surface area contributed by atoms with Crippen LogP contribution in [0.25, 0.3) is 0 Å². The Morgan fingerprint density at radius 3 is 2.51 bits per heavy atom. The van der Waals surface area contributed by atoms with Crippen LogP contribution in [0.3, 0.4) is 0 Å². The summed E-state index contributed by atoms with van der Waals surface area (Å²) in [5, 5.41) is 9.57. The Kier molecular flexibility index (Phi) is 7.82. The Balaban J connectivity index is 1.54. The van der Waals surface area contributed by atoms with E-state index >= 15 is 0 Å². The number of cyclic esters (lactones) is 1. The molecule has 1 N–H and O–H groups in total. The van der Waals surface area contributed by atoms with E-state index in [9.17, 15) is 19.5 Å². The van der Waals surface area contributed by atoms with Gasteiger partial charge in [-0.1, -0.05) is 24.3 Å². The number of nitrogens with zero attached hydrogens (tertiary/aromatic N) is 3. The lowest BCUT2D eigenvalue weighted by Crippen LogP contribution is -2.55. The van der Waals surface area contributed by atoms with E-state index in [4.69, 9.17) is 9.47 Å². The van der Waals surface area contributed by atoms with E-state index in [-0.39, 0.29) is 31.1 Å². The largest absolute Gasteiger partial charge is 0.462 e. The Morgan fingerprint density at radius 2 is 1.82 bits per heavy atom. The number of carbonyl (C=O) groups excluding carboxylic acids is 3. The minimum atomic E-state index is -1.30. The summed E-state index contributed by atoms with van der Waals surface area (Å²) < 4.78 is 12.4. The van der Waals surface area contributed by atoms with Crippen molar-refractivity contribution in [3.8, 4) is 0 Å². The van der Waals surface area contributed by atoms with Gasteiger partial charge in [0.15, 0.2) is 0 Å². The van der Waals surface area contributed by atoms with Gasteiger partial charge in [0.1, 0.15) is 17.6 Å². The van der Waals surface area contributed by atoms with Crippen LogP contribution in [-0.4, -0.2) is 84.4 Å². The van der Waals surface area contributed by atoms with Crippen molar-refractivity contribution in [1.82, 2.24) is 4.90 Å². The summed E-state index contributed by atoms with van der Waals surface area (Å²) in [6.07, 6.45) is 8.31. The summed E-state index contributed by atoms with van der Waals surface area (Å²) in [5.74, 6) is -2.78. The summed E-state index contributed by atoms with van der Waals surface area (Å²) >= 11 is 0. The van der Waals surface area contributed by atoms with Gasteiger partial charge in [-0.25, -0.2) is 0 Å². The number of fused-ring (bicyclic) bond motifs is 2. The maximum Gasteiger partial charge on any atom is 0.313 e. The van der Waals surface area contributed by atoms with Crippen LogP contribution in [-0.2, 0) is 23.9 Å². The molecule has 4 heterocycles. The van der Waals surface area contributed by atoms with Crippen molar-refractivity contribution in [2.24, 2.45) is 11.8 Å². The van der Waals surface area contributed by atoms with Gasteiger partial charge in [-0.15, -0.1) is 0 Å². The van der Waals surface area contributed by atoms with Gasteiger partial charge >= 0.3 is 5.97 Å². The number of amides is 2. The molecule has 1 aromatic carbocycles. The molecule has 9 heteroatoms. The highest BCUT2D eigenvalue weighted by Gasteiger charge is 2.71. The Morgan fingerprint density at radius 1 is 1.08 bits per heavy atom. The Bertz CT molecular complexity index is 1150. The Hall–Kier alpha value is -3.17. The molecule has 210 valence electrons. The van der Waals surface area contributed by atoms with E-state index < -0.39 is 35.6 Å². The van der Waals surface area contributed by atoms with Crippen molar-refractivity contribution >= 4 is 29.2 Å². The first-order valence-corrected chi connectivity index (χ1v) is 14.2. The standard InChI is InChI=1S/C30H39N3O6/c1-4-31(5-2)21-12-14-22(15-13-21)32-17-8-16-30-25(27(35)33(18-9-19-34)26(30)28(32)36)24-23(39-30)11-7-6-10-20(3)38-29(24)37/h7-8,11-16,20,23-26,34H,4-6,9-10,17-19H2,1-3H3/b11-7-/t20?,23-,24?,25+,26-,30?/m1/s1. The minimum Gasteiger partial charge on any atom is -0.462 e. The van der Waals surface area contributed by atoms with E-state index in [0.29, 0.717) is 19.4 Å². The second-order valence-electron chi connectivity index (χ2n) is 10.7. The second-order valence-corrected chi connectivity index (χ2v) is 10.7. The minimum absolute atomic E-state index is 0.121. The van der Waals surface area contributed by atoms with E-state index in [1.54, 1.807) is 4.90 Å². The number of aliphatic hydroxyl groups excluding tert-OH is 1. The van der Waals surface area contributed by atoms with Crippen molar-refractivity contribution in [3.05, 3.63) is 48.6 Å². The molecule has 6 atom stereocenters. The molecule has 2 saturated heterocycles. The fraction of sp³-hybridized carbons (Fsp3) is 0.567. The van der Waals surface area contributed by atoms with Crippen LogP contribution in [0.4, 0.5) is 11.4 Å². The van der Waals surface area contributed by atoms with Gasteiger partial charge in [0.2, 0.25) is 5.91 Å². The first-order chi connectivity index (χ1) is 18.9. The molecule has 0 saturated carbocycles. The monoisotopic (exact) mass is 537 g/mol. The summed E-state index contributed by atoms with van der Waals surface area (Å²) in [6, 6.07) is 6.91. The molecule has 5 rings (SSSR count). The third kappa shape index (κ3) is 4.65. The van der Waals surface area contributed by atoms with E-state index in [0.717, 1.165) is 30.9 Å². The molecule has 0 aliphatic carbocycles. The van der Waals surface area contributed by atoms with Crippen molar-refractivity contribution in [1.29, 1.82) is 0 Å². The molecule has 3 unspecified atom stereocenters. The zero-order chi connectivity index (χ0) is 27.7. The first-order valence-electron chi connectivity index (χ1n) is 14.2. The normalized spacial score (nSPS) is 32.9. The molecule has 0 aromatic heterocycles. The topological polar surface area (TPSA) is 99.6 Å². The summed E-state index contributed by atoms with van der Waals surface area (Å²) in [5.41, 5.74) is 0.495. The van der Waals surface area contributed by atoms with Crippen molar-refractivity contribution in [2.45, 2.75) is 63.9 Å². The van der Waals surface area contributed by atoms with E-state index in [1.807, 2.05) is 55.5 Å². The average Bonchev–Trinajstić information content (AvgIpc) is 3.33. The zero-order valence-electron chi connectivity index (χ0n) is 23.0. The van der Waals surface area contributed by atoms with Crippen LogP contribution in [0.2, 0.25) is 0 Å². The number of allylic oxidation sites excluding steroid dienone is 1. The predicted octanol–water partition coefficient (Wildman–Crippen LogP) is 2.68. The molecule has 9 nitrogen and oxygen atoms in total. The molecular formula is C30H39N3O6. The average molecular weight is 538 g/mol. The Labute approximate surface area is 230 Å². The fourth-order valence-corrected chi connectivity index (χ4v) is 6.59. The van der Waals surface area contributed by atoms with Crippen LogP contribution in [0.15, 0.2) is 48.6 Å². The number of aliphatic hydroxyl groups is 1. The third-order valence-electron chi connectivity index (χ3n) is 8.50. The lowest BCUT2D eigenvalue weighted by molar-refractivity contribution is -0.158. The van der Waals surface area contributed by atoms with Crippen molar-refractivity contribution < 1.29 is 29.0 Å². The number of esters is 1. The van der Waals surface area contributed by atoms with Crippen LogP contribution < -0.4 is 9.80 Å². The quantitative estimate of drug-likeness (QED) is 0.422. The number of hydrogen-bond donors (Lipinski definition) is 1. The number of ether oxygens (including phenoxy) is 2. The fourth-order valence-electron chi connectivity index (χ4n) is 6.59. The van der Waals surface area contributed by atoms with Gasteiger partial charge in [-0.2, -0.15) is 0 Å². The molecule has 0 bridgehead atoms. The number of hydrogen-bond acceptors (Lipinski definition) is 7. The third-order valence-corrected chi connectivity index (χ3v) is 8.50. The summed E-state index contributed by atoms with van der Waals surface area (Å²) in [6.45, 7) is 8.19. The molecule has 0 radical (unpaired) electrons. The maximum atomic E-state index is 14.4. The number of likely N-dealkylation sites (tertiary alicyclic amines) is 1. The lowest BCUT2D eigenvalue weighted by Gasteiger charge is -2.35. The number of rotatable bonds is 7. The van der Waals surface area contributed by atoms with Gasteiger partial charge < -0.3 is 29.3 Å². The van der Waals surface area contributed by atoms with Gasteiger partial charge in [-0.3, -0.25) is 14.4 Å². The SMILES string of the molecule is CCN(CC)c1ccc(N2CC=CC34O[C@@H]5/C=C\CCC(C)OC(=O)C5[C@H]3C(=O)N(CCCO)[C@@H]4C2=O)cc1. The number of benzene rings is 1. The second kappa shape index (κ2) is 11.1. The van der Waals surface area contributed by atoms with Crippen LogP contribution in [0.1, 0.15) is 40.0 Å².